The molecule has 40 heavy (non-hydrogen) atoms. The average molecular weight is 569 g/mol. The summed E-state index contributed by atoms with van der Waals surface area (Å²) in [5.74, 6) is -1.27. The maximum absolute atomic E-state index is 14.0. The number of nitrogens with zero attached hydrogens (tertiary/aromatic N) is 1. The summed E-state index contributed by atoms with van der Waals surface area (Å²) in [5, 5.41) is 23.2. The lowest BCUT2D eigenvalue weighted by atomic mass is 9.88. The number of rotatable bonds is 12. The number of benzene rings is 3. The third-order valence-corrected chi connectivity index (χ3v) is 9.30. The lowest BCUT2D eigenvalue weighted by molar-refractivity contribution is -0.136. The summed E-state index contributed by atoms with van der Waals surface area (Å²) in [6, 6.07) is 18.8. The molecular weight excluding hydrogens is 531 g/mol. The van der Waals surface area contributed by atoms with Gasteiger partial charge in [0.25, 0.3) is 0 Å². The van der Waals surface area contributed by atoms with Gasteiger partial charge in [0.2, 0.25) is 10.0 Å². The Labute approximate surface area is 235 Å². The van der Waals surface area contributed by atoms with E-state index < -0.39 is 34.3 Å². The quantitative estimate of drug-likeness (QED) is 0.301. The molecule has 0 bridgehead atoms. The SMILES string of the molecule is CN(CC(O)CNC(C)(C)CC1Cc2ccccc2C1)S(=O)(=O)c1cccc(-c2ccc(F)c(CC(=O)O)c2)c1. The number of likely N-dealkylation sites (N-methyl/N-ethyl adjacent to an activating group) is 1. The van der Waals surface area contributed by atoms with Crippen LogP contribution in [0.15, 0.2) is 71.6 Å². The van der Waals surface area contributed by atoms with E-state index in [4.69, 9.17) is 5.11 Å². The van der Waals surface area contributed by atoms with Crippen molar-refractivity contribution in [2.45, 2.75) is 56.1 Å². The van der Waals surface area contributed by atoms with Gasteiger partial charge in [-0.25, -0.2) is 12.8 Å². The van der Waals surface area contributed by atoms with Crippen molar-refractivity contribution in [2.75, 3.05) is 20.1 Å². The van der Waals surface area contributed by atoms with Crippen molar-refractivity contribution in [1.82, 2.24) is 9.62 Å². The molecule has 0 radical (unpaired) electrons. The van der Waals surface area contributed by atoms with Crippen LogP contribution in [0.25, 0.3) is 11.1 Å². The number of carboxylic acid groups (broad SMARTS) is 1. The van der Waals surface area contributed by atoms with E-state index in [0.717, 1.165) is 23.6 Å². The molecule has 3 aromatic carbocycles. The van der Waals surface area contributed by atoms with Crippen LogP contribution in [0.4, 0.5) is 4.39 Å². The van der Waals surface area contributed by atoms with Crippen LogP contribution in [0.3, 0.4) is 0 Å². The molecular formula is C31H37FN2O5S. The summed E-state index contributed by atoms with van der Waals surface area (Å²) in [4.78, 5) is 11.1. The summed E-state index contributed by atoms with van der Waals surface area (Å²) < 4.78 is 41.8. The van der Waals surface area contributed by atoms with Crippen molar-refractivity contribution in [2.24, 2.45) is 5.92 Å². The van der Waals surface area contributed by atoms with Crippen LogP contribution in [-0.2, 0) is 34.1 Å². The minimum absolute atomic E-state index is 0.0198. The number of carboxylic acids is 1. The number of carbonyl (C=O) groups is 1. The largest absolute Gasteiger partial charge is 0.481 e. The number of aliphatic hydroxyl groups is 1. The van der Waals surface area contributed by atoms with Gasteiger partial charge in [-0.3, -0.25) is 4.79 Å². The molecule has 4 rings (SSSR count). The first-order valence-electron chi connectivity index (χ1n) is 13.4. The topological polar surface area (TPSA) is 107 Å². The van der Waals surface area contributed by atoms with Crippen LogP contribution in [0.2, 0.25) is 0 Å². The minimum atomic E-state index is -3.93. The van der Waals surface area contributed by atoms with Crippen molar-refractivity contribution < 1.29 is 27.8 Å². The maximum atomic E-state index is 14.0. The zero-order valence-electron chi connectivity index (χ0n) is 23.1. The molecule has 9 heteroatoms. The highest BCUT2D eigenvalue weighted by molar-refractivity contribution is 7.89. The Kier molecular flexibility index (Phi) is 9.09. The number of fused-ring (bicyclic) bond motifs is 1. The van der Waals surface area contributed by atoms with Gasteiger partial charge in [0.05, 0.1) is 17.4 Å². The van der Waals surface area contributed by atoms with E-state index in [-0.39, 0.29) is 29.1 Å². The zero-order valence-corrected chi connectivity index (χ0v) is 23.9. The maximum Gasteiger partial charge on any atom is 0.307 e. The second-order valence-electron chi connectivity index (χ2n) is 11.4. The molecule has 3 aromatic rings. The van der Waals surface area contributed by atoms with E-state index in [1.54, 1.807) is 12.1 Å². The van der Waals surface area contributed by atoms with E-state index in [9.17, 15) is 22.7 Å². The molecule has 0 fully saturated rings. The molecule has 0 spiro atoms. The van der Waals surface area contributed by atoms with Gasteiger partial charge < -0.3 is 15.5 Å². The minimum Gasteiger partial charge on any atom is -0.481 e. The first kappa shape index (κ1) is 29.9. The molecule has 0 amide bonds. The van der Waals surface area contributed by atoms with E-state index >= 15 is 0 Å². The Balaban J connectivity index is 1.36. The average Bonchev–Trinajstić information content (AvgIpc) is 3.30. The standard InChI is InChI=1S/C31H37FN2O5S/c1-31(2,18-21-13-22-7-4-5-8-23(22)14-21)33-19-27(35)20-34(3)40(38,39)28-10-6-9-24(16-28)25-11-12-29(32)26(15-25)17-30(36)37/h4-12,15-16,21,27,33,35H,13-14,17-20H2,1-3H3,(H,36,37). The smallest absolute Gasteiger partial charge is 0.307 e. The predicted molar refractivity (Wildman–Crippen MR) is 153 cm³/mol. The van der Waals surface area contributed by atoms with Gasteiger partial charge in [-0.15, -0.1) is 0 Å². The fourth-order valence-electron chi connectivity index (χ4n) is 5.51. The fraction of sp³-hybridized carbons (Fsp3) is 0.387. The Morgan fingerprint density at radius 1 is 1.05 bits per heavy atom. The molecule has 0 aromatic heterocycles. The van der Waals surface area contributed by atoms with E-state index in [1.807, 2.05) is 0 Å². The molecule has 0 saturated heterocycles. The molecule has 1 aliphatic rings. The molecule has 1 aliphatic carbocycles. The summed E-state index contributed by atoms with van der Waals surface area (Å²) in [7, 11) is -2.50. The zero-order chi connectivity index (χ0) is 29.1. The van der Waals surface area contributed by atoms with Crippen molar-refractivity contribution in [1.29, 1.82) is 0 Å². The van der Waals surface area contributed by atoms with Gasteiger partial charge in [0.15, 0.2) is 0 Å². The first-order valence-corrected chi connectivity index (χ1v) is 14.8. The number of nitrogens with one attached hydrogen (secondary N) is 1. The highest BCUT2D eigenvalue weighted by Gasteiger charge is 2.29. The second-order valence-corrected chi connectivity index (χ2v) is 13.4. The summed E-state index contributed by atoms with van der Waals surface area (Å²) in [6.45, 7) is 4.36. The lowest BCUT2D eigenvalue weighted by Gasteiger charge is -2.31. The second kappa shape index (κ2) is 12.2. The van der Waals surface area contributed by atoms with Crippen molar-refractivity contribution in [3.8, 4) is 11.1 Å². The molecule has 0 aliphatic heterocycles. The van der Waals surface area contributed by atoms with Crippen LogP contribution < -0.4 is 5.32 Å². The van der Waals surface area contributed by atoms with Crippen molar-refractivity contribution in [3.05, 3.63) is 89.2 Å². The molecule has 214 valence electrons. The number of sulfonamides is 1. The fourth-order valence-corrected chi connectivity index (χ4v) is 6.77. The number of β-amino-alcohol motifs (C(OH)–C–C–N with tert-alkyl or cyclic N) is 1. The number of halogens is 1. The number of aliphatic carboxylic acids is 1. The van der Waals surface area contributed by atoms with Crippen molar-refractivity contribution in [3.63, 3.8) is 0 Å². The van der Waals surface area contributed by atoms with Gasteiger partial charge in [0, 0.05) is 25.7 Å². The monoisotopic (exact) mass is 568 g/mol. The van der Waals surface area contributed by atoms with E-state index in [2.05, 4.69) is 43.4 Å². The lowest BCUT2D eigenvalue weighted by Crippen LogP contribution is -2.47. The highest BCUT2D eigenvalue weighted by atomic mass is 32.2. The summed E-state index contributed by atoms with van der Waals surface area (Å²) in [5.41, 5.74) is 3.62. The third-order valence-electron chi connectivity index (χ3n) is 7.48. The Hall–Kier alpha value is -3.11. The van der Waals surface area contributed by atoms with Gasteiger partial charge in [0.1, 0.15) is 5.82 Å². The van der Waals surface area contributed by atoms with Crippen LogP contribution in [-0.4, -0.2) is 60.7 Å². The number of aliphatic hydroxyl groups excluding tert-OH is 1. The molecule has 0 saturated carbocycles. The van der Waals surface area contributed by atoms with Crippen LogP contribution in [0, 0.1) is 11.7 Å². The van der Waals surface area contributed by atoms with Gasteiger partial charge in [-0.1, -0.05) is 42.5 Å². The molecule has 0 heterocycles. The molecule has 1 unspecified atom stereocenters. The molecule has 1 atom stereocenters. The normalized spacial score (nSPS) is 14.8. The predicted octanol–water partition coefficient (Wildman–Crippen LogP) is 4.27. The number of hydrogen-bond donors (Lipinski definition) is 3. The van der Waals surface area contributed by atoms with E-state index in [0.29, 0.717) is 17.0 Å². The Morgan fingerprint density at radius 3 is 2.35 bits per heavy atom. The number of hydrogen-bond acceptors (Lipinski definition) is 5. The van der Waals surface area contributed by atoms with Crippen LogP contribution in [0.1, 0.15) is 37.0 Å². The van der Waals surface area contributed by atoms with Gasteiger partial charge >= 0.3 is 5.97 Å². The molecule has 3 N–H and O–H groups in total. The Bertz CT molecular complexity index is 1450. The third kappa shape index (κ3) is 7.34. The van der Waals surface area contributed by atoms with Gasteiger partial charge in [-0.2, -0.15) is 4.31 Å². The highest BCUT2D eigenvalue weighted by Crippen LogP contribution is 2.32. The molecule has 7 nitrogen and oxygen atoms in total. The van der Waals surface area contributed by atoms with Crippen LogP contribution >= 0.6 is 0 Å². The van der Waals surface area contributed by atoms with Crippen molar-refractivity contribution >= 4 is 16.0 Å². The Morgan fingerprint density at radius 2 is 1.70 bits per heavy atom. The summed E-state index contributed by atoms with van der Waals surface area (Å²) in [6.07, 6.45) is 1.63. The summed E-state index contributed by atoms with van der Waals surface area (Å²) >= 11 is 0. The first-order chi connectivity index (χ1) is 18.8. The van der Waals surface area contributed by atoms with Crippen LogP contribution in [0.5, 0.6) is 0 Å². The van der Waals surface area contributed by atoms with Gasteiger partial charge in [-0.05, 0) is 91.1 Å². The van der Waals surface area contributed by atoms with E-state index in [1.165, 1.54) is 48.5 Å².